The summed E-state index contributed by atoms with van der Waals surface area (Å²) in [4.78, 5) is 13.7. The van der Waals surface area contributed by atoms with E-state index in [2.05, 4.69) is 37.4 Å². The summed E-state index contributed by atoms with van der Waals surface area (Å²) in [6.07, 6.45) is 5.36. The lowest BCUT2D eigenvalue weighted by Gasteiger charge is -2.36. The first-order valence-corrected chi connectivity index (χ1v) is 12.1. The van der Waals surface area contributed by atoms with Crippen molar-refractivity contribution in [1.82, 2.24) is 9.88 Å². The van der Waals surface area contributed by atoms with Crippen LogP contribution in [0.25, 0.3) is 10.9 Å². The fourth-order valence-corrected chi connectivity index (χ4v) is 5.37. The third kappa shape index (κ3) is 4.71. The molecule has 0 radical (unpaired) electrons. The van der Waals surface area contributed by atoms with Crippen LogP contribution in [0.1, 0.15) is 55.4 Å². The average molecular weight is 447 g/mol. The van der Waals surface area contributed by atoms with Gasteiger partial charge in [0.1, 0.15) is 5.75 Å². The molecule has 5 nitrogen and oxygen atoms in total. The lowest BCUT2D eigenvalue weighted by Crippen LogP contribution is -2.44. The fourth-order valence-electron chi connectivity index (χ4n) is 5.37. The Balaban J connectivity index is 1.50. The molecule has 2 aliphatic rings. The van der Waals surface area contributed by atoms with Gasteiger partial charge in [-0.25, -0.2) is 0 Å². The number of pyridine rings is 1. The maximum atomic E-state index is 13.7. The van der Waals surface area contributed by atoms with E-state index in [0.29, 0.717) is 19.1 Å². The quantitative estimate of drug-likeness (QED) is 0.602. The molecule has 33 heavy (non-hydrogen) atoms. The molecule has 3 aromatic rings. The van der Waals surface area contributed by atoms with E-state index in [0.717, 1.165) is 60.1 Å². The number of benzene rings is 2. The molecule has 2 aromatic carbocycles. The molecule has 1 aliphatic heterocycles. The van der Waals surface area contributed by atoms with Crippen molar-refractivity contribution in [1.29, 1.82) is 0 Å². The first-order valence-electron chi connectivity index (χ1n) is 12.1. The van der Waals surface area contributed by atoms with Crippen molar-refractivity contribution in [2.24, 2.45) is 0 Å². The van der Waals surface area contributed by atoms with E-state index in [1.807, 2.05) is 28.8 Å². The molecular formula is C28H34N2O3. The first-order chi connectivity index (χ1) is 15.9. The van der Waals surface area contributed by atoms with Gasteiger partial charge in [-0.1, -0.05) is 12.1 Å². The van der Waals surface area contributed by atoms with Crippen LogP contribution < -0.4 is 15.6 Å². The van der Waals surface area contributed by atoms with Gasteiger partial charge in [-0.3, -0.25) is 4.79 Å². The Kier molecular flexibility index (Phi) is 6.02. The molecule has 0 spiro atoms. The lowest BCUT2D eigenvalue weighted by atomic mass is 9.94. The van der Waals surface area contributed by atoms with Gasteiger partial charge in [0, 0.05) is 24.8 Å². The molecule has 1 atom stereocenters. The minimum atomic E-state index is -0.117. The molecule has 0 saturated carbocycles. The second-order valence-corrected chi connectivity index (χ2v) is 10.1. The standard InChI is InChI=1S/C28H34N2O3/c1-28(2)16-24(11-12-33-28)29-17-23-14-22-13-20-5-4-6-21(20)15-26(22)30(27(23)31)18-19-7-9-25(32-3)10-8-19/h7-10,13-15,24,29H,4-6,11-12,16-18H2,1-3H3. The minimum Gasteiger partial charge on any atom is -0.497 e. The highest BCUT2D eigenvalue weighted by molar-refractivity contribution is 5.82. The zero-order valence-corrected chi connectivity index (χ0v) is 19.9. The molecule has 1 N–H and O–H groups in total. The Hall–Kier alpha value is -2.63. The van der Waals surface area contributed by atoms with Crippen LogP contribution in [0.15, 0.2) is 47.3 Å². The summed E-state index contributed by atoms with van der Waals surface area (Å²) in [5.41, 5.74) is 5.76. The molecule has 0 bridgehead atoms. The fraction of sp³-hybridized carbons (Fsp3) is 0.464. The number of rotatable bonds is 6. The second-order valence-electron chi connectivity index (χ2n) is 10.1. The van der Waals surface area contributed by atoms with Gasteiger partial charge in [0.15, 0.2) is 0 Å². The molecule has 1 aromatic heterocycles. The number of fused-ring (bicyclic) bond motifs is 2. The first kappa shape index (κ1) is 22.2. The van der Waals surface area contributed by atoms with Gasteiger partial charge in [0.05, 0.1) is 24.8 Å². The Bertz CT molecular complexity index is 1210. The van der Waals surface area contributed by atoms with E-state index in [-0.39, 0.29) is 11.2 Å². The summed E-state index contributed by atoms with van der Waals surface area (Å²) in [7, 11) is 1.67. The molecule has 5 rings (SSSR count). The topological polar surface area (TPSA) is 52.5 Å². The number of hydrogen-bond acceptors (Lipinski definition) is 4. The van der Waals surface area contributed by atoms with Crippen LogP contribution in [-0.2, 0) is 30.7 Å². The SMILES string of the molecule is COc1ccc(Cn2c(=O)c(CNC3CCOC(C)(C)C3)cc3cc4c(cc32)CCC4)cc1. The van der Waals surface area contributed by atoms with E-state index in [4.69, 9.17) is 9.47 Å². The smallest absolute Gasteiger partial charge is 0.255 e. The number of nitrogens with zero attached hydrogens (tertiary/aromatic N) is 1. The van der Waals surface area contributed by atoms with Crippen molar-refractivity contribution in [3.63, 3.8) is 0 Å². The van der Waals surface area contributed by atoms with Crippen LogP contribution in [0, 0.1) is 0 Å². The number of ether oxygens (including phenoxy) is 2. The summed E-state index contributed by atoms with van der Waals surface area (Å²) < 4.78 is 13.1. The van der Waals surface area contributed by atoms with Crippen molar-refractivity contribution < 1.29 is 9.47 Å². The Morgan fingerprint density at radius 3 is 2.61 bits per heavy atom. The third-order valence-electron chi connectivity index (χ3n) is 7.16. The van der Waals surface area contributed by atoms with Gasteiger partial charge in [-0.05, 0) is 98.4 Å². The Labute approximate surface area is 195 Å². The van der Waals surface area contributed by atoms with Crippen molar-refractivity contribution >= 4 is 10.9 Å². The highest BCUT2D eigenvalue weighted by Crippen LogP contribution is 2.28. The van der Waals surface area contributed by atoms with Crippen LogP contribution in [0.2, 0.25) is 0 Å². The van der Waals surface area contributed by atoms with Gasteiger partial charge in [-0.2, -0.15) is 0 Å². The normalized spacial score (nSPS) is 19.5. The van der Waals surface area contributed by atoms with Gasteiger partial charge in [0.25, 0.3) is 5.56 Å². The lowest BCUT2D eigenvalue weighted by molar-refractivity contribution is -0.0630. The summed E-state index contributed by atoms with van der Waals surface area (Å²) in [5, 5.41) is 4.81. The maximum absolute atomic E-state index is 13.7. The summed E-state index contributed by atoms with van der Waals surface area (Å²) >= 11 is 0. The summed E-state index contributed by atoms with van der Waals surface area (Å²) in [6, 6.07) is 15.0. The summed E-state index contributed by atoms with van der Waals surface area (Å²) in [5.74, 6) is 0.825. The molecule has 1 fully saturated rings. The van der Waals surface area contributed by atoms with Crippen LogP contribution in [0.3, 0.4) is 0 Å². The van der Waals surface area contributed by atoms with Crippen LogP contribution >= 0.6 is 0 Å². The van der Waals surface area contributed by atoms with Gasteiger partial charge in [0.2, 0.25) is 0 Å². The van der Waals surface area contributed by atoms with E-state index in [9.17, 15) is 4.79 Å². The highest BCUT2D eigenvalue weighted by atomic mass is 16.5. The number of aromatic nitrogens is 1. The van der Waals surface area contributed by atoms with Gasteiger partial charge >= 0.3 is 0 Å². The predicted molar refractivity (Wildman–Crippen MR) is 132 cm³/mol. The van der Waals surface area contributed by atoms with Crippen molar-refractivity contribution in [2.45, 2.75) is 70.7 Å². The van der Waals surface area contributed by atoms with Crippen molar-refractivity contribution in [3.05, 3.63) is 75.1 Å². The van der Waals surface area contributed by atoms with E-state index < -0.39 is 0 Å². The van der Waals surface area contributed by atoms with Crippen molar-refractivity contribution in [2.75, 3.05) is 13.7 Å². The summed E-state index contributed by atoms with van der Waals surface area (Å²) in [6.45, 7) is 6.17. The minimum absolute atomic E-state index is 0.0927. The van der Waals surface area contributed by atoms with Crippen molar-refractivity contribution in [3.8, 4) is 5.75 Å². The maximum Gasteiger partial charge on any atom is 0.255 e. The predicted octanol–water partition coefficient (Wildman–Crippen LogP) is 4.59. The van der Waals surface area contributed by atoms with Crippen LogP contribution in [-0.4, -0.2) is 29.9 Å². The molecule has 2 heterocycles. The average Bonchev–Trinajstić information content (AvgIpc) is 3.26. The Morgan fingerprint density at radius 2 is 1.88 bits per heavy atom. The molecular weight excluding hydrogens is 412 g/mol. The number of nitrogens with one attached hydrogen (secondary N) is 1. The highest BCUT2D eigenvalue weighted by Gasteiger charge is 2.28. The second kappa shape index (κ2) is 8.96. The monoisotopic (exact) mass is 446 g/mol. The number of hydrogen-bond donors (Lipinski definition) is 1. The van der Waals surface area contributed by atoms with Crippen LogP contribution in [0.4, 0.5) is 0 Å². The van der Waals surface area contributed by atoms with Gasteiger partial charge < -0.3 is 19.4 Å². The van der Waals surface area contributed by atoms with E-state index >= 15 is 0 Å². The molecule has 1 unspecified atom stereocenters. The largest absolute Gasteiger partial charge is 0.497 e. The molecule has 0 amide bonds. The zero-order chi connectivity index (χ0) is 23.0. The number of methoxy groups -OCH3 is 1. The Morgan fingerprint density at radius 1 is 1.12 bits per heavy atom. The molecule has 5 heteroatoms. The zero-order valence-electron chi connectivity index (χ0n) is 19.9. The third-order valence-corrected chi connectivity index (χ3v) is 7.16. The van der Waals surface area contributed by atoms with Crippen LogP contribution in [0.5, 0.6) is 5.75 Å². The molecule has 1 saturated heterocycles. The molecule has 174 valence electrons. The van der Waals surface area contributed by atoms with E-state index in [1.165, 1.54) is 17.5 Å². The number of aryl methyl sites for hydroxylation is 2. The van der Waals surface area contributed by atoms with E-state index in [1.54, 1.807) is 7.11 Å². The van der Waals surface area contributed by atoms with Gasteiger partial charge in [-0.15, -0.1) is 0 Å². The molecule has 1 aliphatic carbocycles.